The van der Waals surface area contributed by atoms with E-state index in [4.69, 9.17) is 9.47 Å². The van der Waals surface area contributed by atoms with Gasteiger partial charge >= 0.3 is 0 Å². The molecule has 0 aromatic heterocycles. The van der Waals surface area contributed by atoms with Gasteiger partial charge in [-0.15, -0.1) is 0 Å². The van der Waals surface area contributed by atoms with Crippen molar-refractivity contribution in [1.29, 1.82) is 0 Å². The summed E-state index contributed by atoms with van der Waals surface area (Å²) in [6.07, 6.45) is 0.865. The van der Waals surface area contributed by atoms with Crippen molar-refractivity contribution in [2.45, 2.75) is 26.8 Å². The third-order valence-electron chi connectivity index (χ3n) is 4.70. The molecular formula is C24H34N4O3. The van der Waals surface area contributed by atoms with Crippen molar-refractivity contribution in [3.05, 3.63) is 59.2 Å². The Morgan fingerprint density at radius 3 is 2.61 bits per heavy atom. The maximum Gasteiger partial charge on any atom is 0.259 e. The molecule has 2 aromatic carbocycles. The molecule has 0 heterocycles. The van der Waals surface area contributed by atoms with Crippen molar-refractivity contribution in [1.82, 2.24) is 15.5 Å². The number of nitrogens with one attached hydrogen (secondary N) is 2. The van der Waals surface area contributed by atoms with Crippen LogP contribution in [0.1, 0.15) is 23.6 Å². The van der Waals surface area contributed by atoms with Crippen LogP contribution in [0.2, 0.25) is 0 Å². The zero-order chi connectivity index (χ0) is 22.6. The van der Waals surface area contributed by atoms with Crippen molar-refractivity contribution in [3.8, 4) is 11.5 Å². The Kier molecular flexibility index (Phi) is 9.68. The third kappa shape index (κ3) is 8.20. The van der Waals surface area contributed by atoms with Gasteiger partial charge in [-0.25, -0.2) is 4.99 Å². The number of aliphatic imine (C=N–C) groups is 1. The van der Waals surface area contributed by atoms with Crippen LogP contribution in [0, 0.1) is 6.92 Å². The topological polar surface area (TPSA) is 75.2 Å². The summed E-state index contributed by atoms with van der Waals surface area (Å²) in [5, 5.41) is 6.65. The zero-order valence-electron chi connectivity index (χ0n) is 19.2. The first-order chi connectivity index (χ1) is 14.9. The lowest BCUT2D eigenvalue weighted by Gasteiger charge is -2.13. The SMILES string of the molecule is CCNC(=NCc1cccc(OCC(=O)N(C)C)c1)NCCc1ccc(C)c(OC)c1. The number of ether oxygens (including phenoxy) is 2. The number of amides is 1. The Bertz CT molecular complexity index is 881. The van der Waals surface area contributed by atoms with E-state index in [0.717, 1.165) is 42.3 Å². The molecule has 2 rings (SSSR count). The first-order valence-corrected chi connectivity index (χ1v) is 10.5. The van der Waals surface area contributed by atoms with E-state index >= 15 is 0 Å². The average Bonchev–Trinajstić information content (AvgIpc) is 2.77. The molecule has 0 saturated heterocycles. The molecular weight excluding hydrogens is 392 g/mol. The molecule has 0 aliphatic carbocycles. The van der Waals surface area contributed by atoms with Gasteiger partial charge in [-0.3, -0.25) is 4.79 Å². The van der Waals surface area contributed by atoms with Crippen LogP contribution in [-0.4, -0.2) is 57.7 Å². The van der Waals surface area contributed by atoms with Crippen molar-refractivity contribution in [2.24, 2.45) is 4.99 Å². The van der Waals surface area contributed by atoms with E-state index in [1.807, 2.05) is 38.1 Å². The predicted octanol–water partition coefficient (Wildman–Crippen LogP) is 2.77. The summed E-state index contributed by atoms with van der Waals surface area (Å²) < 4.78 is 11.0. The summed E-state index contributed by atoms with van der Waals surface area (Å²) in [5.41, 5.74) is 3.35. The Balaban J connectivity index is 1.92. The van der Waals surface area contributed by atoms with Crippen LogP contribution in [-0.2, 0) is 17.8 Å². The number of methoxy groups -OCH3 is 1. The predicted molar refractivity (Wildman–Crippen MR) is 125 cm³/mol. The normalized spacial score (nSPS) is 11.1. The maximum absolute atomic E-state index is 11.7. The molecule has 7 nitrogen and oxygen atoms in total. The summed E-state index contributed by atoms with van der Waals surface area (Å²) in [5.74, 6) is 2.26. The van der Waals surface area contributed by atoms with Crippen LogP contribution < -0.4 is 20.1 Å². The Morgan fingerprint density at radius 1 is 1.10 bits per heavy atom. The molecule has 0 aliphatic heterocycles. The first kappa shape index (κ1) is 24.1. The highest BCUT2D eigenvalue weighted by Gasteiger charge is 2.06. The van der Waals surface area contributed by atoms with Gasteiger partial charge < -0.3 is 25.0 Å². The van der Waals surface area contributed by atoms with E-state index in [1.54, 1.807) is 21.2 Å². The van der Waals surface area contributed by atoms with Gasteiger partial charge in [0.25, 0.3) is 5.91 Å². The monoisotopic (exact) mass is 426 g/mol. The second kappa shape index (κ2) is 12.5. The number of likely N-dealkylation sites (N-methyl/N-ethyl adjacent to an activating group) is 1. The second-order valence-electron chi connectivity index (χ2n) is 7.40. The van der Waals surface area contributed by atoms with E-state index in [2.05, 4.69) is 33.8 Å². The number of carbonyl (C=O) groups is 1. The molecule has 1 amide bonds. The maximum atomic E-state index is 11.7. The summed E-state index contributed by atoms with van der Waals surface area (Å²) in [4.78, 5) is 17.9. The van der Waals surface area contributed by atoms with Crippen LogP contribution in [0.4, 0.5) is 0 Å². The minimum absolute atomic E-state index is 0.0215. The fraction of sp³-hybridized carbons (Fsp3) is 0.417. The molecule has 0 spiro atoms. The zero-order valence-corrected chi connectivity index (χ0v) is 19.2. The van der Waals surface area contributed by atoms with Crippen molar-refractivity contribution < 1.29 is 14.3 Å². The Morgan fingerprint density at radius 2 is 1.90 bits per heavy atom. The number of nitrogens with zero attached hydrogens (tertiary/aromatic N) is 2. The number of hydrogen-bond acceptors (Lipinski definition) is 4. The number of guanidine groups is 1. The molecule has 2 N–H and O–H groups in total. The summed E-state index contributed by atoms with van der Waals surface area (Å²) in [7, 11) is 5.11. The average molecular weight is 427 g/mol. The lowest BCUT2D eigenvalue weighted by Crippen LogP contribution is -2.38. The lowest BCUT2D eigenvalue weighted by atomic mass is 10.1. The molecule has 168 valence electrons. The quantitative estimate of drug-likeness (QED) is 0.451. The van der Waals surface area contributed by atoms with Crippen molar-refractivity contribution >= 4 is 11.9 Å². The van der Waals surface area contributed by atoms with Crippen LogP contribution in [0.25, 0.3) is 0 Å². The number of hydrogen-bond donors (Lipinski definition) is 2. The summed E-state index contributed by atoms with van der Waals surface area (Å²) >= 11 is 0. The first-order valence-electron chi connectivity index (χ1n) is 10.5. The van der Waals surface area contributed by atoms with Gasteiger partial charge in [-0.1, -0.05) is 24.3 Å². The highest BCUT2D eigenvalue weighted by atomic mass is 16.5. The van der Waals surface area contributed by atoms with Gasteiger partial charge in [0, 0.05) is 27.2 Å². The van der Waals surface area contributed by atoms with Gasteiger partial charge in [0.05, 0.1) is 13.7 Å². The number of aryl methyl sites for hydroxylation is 1. The molecule has 0 unspecified atom stereocenters. The third-order valence-corrected chi connectivity index (χ3v) is 4.70. The van der Waals surface area contributed by atoms with Gasteiger partial charge in [-0.05, 0) is 55.2 Å². The molecule has 0 fully saturated rings. The van der Waals surface area contributed by atoms with E-state index in [9.17, 15) is 4.79 Å². The molecule has 0 atom stereocenters. The van der Waals surface area contributed by atoms with Gasteiger partial charge in [-0.2, -0.15) is 0 Å². The van der Waals surface area contributed by atoms with E-state index in [-0.39, 0.29) is 12.5 Å². The van der Waals surface area contributed by atoms with Crippen LogP contribution >= 0.6 is 0 Å². The number of carbonyl (C=O) groups excluding carboxylic acids is 1. The fourth-order valence-corrected chi connectivity index (χ4v) is 2.87. The van der Waals surface area contributed by atoms with Gasteiger partial charge in [0.15, 0.2) is 12.6 Å². The molecule has 0 radical (unpaired) electrons. The van der Waals surface area contributed by atoms with Crippen LogP contribution in [0.5, 0.6) is 11.5 Å². The van der Waals surface area contributed by atoms with Crippen molar-refractivity contribution in [2.75, 3.05) is 40.9 Å². The molecule has 31 heavy (non-hydrogen) atoms. The molecule has 7 heteroatoms. The van der Waals surface area contributed by atoms with E-state index < -0.39 is 0 Å². The van der Waals surface area contributed by atoms with Crippen LogP contribution in [0.3, 0.4) is 0 Å². The van der Waals surface area contributed by atoms with E-state index in [0.29, 0.717) is 12.3 Å². The lowest BCUT2D eigenvalue weighted by molar-refractivity contribution is -0.130. The highest BCUT2D eigenvalue weighted by Crippen LogP contribution is 2.19. The number of rotatable bonds is 10. The molecule has 0 saturated carbocycles. The fourth-order valence-electron chi connectivity index (χ4n) is 2.87. The minimum Gasteiger partial charge on any atom is -0.496 e. The largest absolute Gasteiger partial charge is 0.496 e. The summed E-state index contributed by atoms with van der Waals surface area (Å²) in [6.45, 7) is 6.14. The van der Waals surface area contributed by atoms with Gasteiger partial charge in [0.2, 0.25) is 0 Å². The molecule has 0 aliphatic rings. The Hall–Kier alpha value is -3.22. The summed E-state index contributed by atoms with van der Waals surface area (Å²) in [6, 6.07) is 13.9. The number of benzene rings is 2. The molecule has 0 bridgehead atoms. The molecule has 2 aromatic rings. The Labute approximate surface area is 185 Å². The van der Waals surface area contributed by atoms with E-state index in [1.165, 1.54) is 10.5 Å². The van der Waals surface area contributed by atoms with Crippen LogP contribution in [0.15, 0.2) is 47.5 Å². The van der Waals surface area contributed by atoms with Crippen molar-refractivity contribution in [3.63, 3.8) is 0 Å². The van der Waals surface area contributed by atoms with Gasteiger partial charge in [0.1, 0.15) is 11.5 Å². The second-order valence-corrected chi connectivity index (χ2v) is 7.40. The minimum atomic E-state index is -0.0757. The standard InChI is InChI=1S/C24H34N4O3/c1-6-25-24(26-13-12-19-11-10-18(2)22(15-19)30-5)27-16-20-8-7-9-21(14-20)31-17-23(29)28(3)4/h7-11,14-15H,6,12-13,16-17H2,1-5H3,(H2,25,26,27). The highest BCUT2D eigenvalue weighted by molar-refractivity contribution is 5.79. The smallest absolute Gasteiger partial charge is 0.259 e.